The van der Waals surface area contributed by atoms with Gasteiger partial charge >= 0.3 is 0 Å². The molecule has 3 nitrogen and oxygen atoms in total. The molecule has 0 spiro atoms. The van der Waals surface area contributed by atoms with E-state index in [9.17, 15) is 4.79 Å². The molecule has 1 amide bonds. The minimum atomic E-state index is 0.344. The van der Waals surface area contributed by atoms with Crippen molar-refractivity contribution in [2.24, 2.45) is 0 Å². The van der Waals surface area contributed by atoms with Gasteiger partial charge in [-0.05, 0) is 46.1 Å². The first kappa shape index (κ1) is 14.6. The molecular formula is C16H28N2O. The molecule has 2 aliphatic heterocycles. The largest absolute Gasteiger partial charge is 0.338 e. The molecule has 2 heterocycles. The van der Waals surface area contributed by atoms with Crippen molar-refractivity contribution in [3.05, 3.63) is 11.6 Å². The molecule has 0 aromatic rings. The summed E-state index contributed by atoms with van der Waals surface area (Å²) in [5, 5.41) is 0. The molecule has 2 aliphatic rings. The van der Waals surface area contributed by atoms with Crippen molar-refractivity contribution in [1.29, 1.82) is 0 Å². The highest BCUT2D eigenvalue weighted by molar-refractivity contribution is 5.76. The molecule has 19 heavy (non-hydrogen) atoms. The number of allylic oxidation sites excluding steroid dienone is 1. The minimum Gasteiger partial charge on any atom is -0.338 e. The fourth-order valence-electron chi connectivity index (χ4n) is 3.52. The van der Waals surface area contributed by atoms with Crippen LogP contribution in [0.4, 0.5) is 0 Å². The Morgan fingerprint density at radius 2 is 1.84 bits per heavy atom. The molecule has 3 heteroatoms. The van der Waals surface area contributed by atoms with Crippen LogP contribution in [0.15, 0.2) is 11.6 Å². The average Bonchev–Trinajstić information content (AvgIpc) is 3.03. The molecule has 2 fully saturated rings. The molecule has 0 radical (unpaired) electrons. The molecule has 2 rings (SSSR count). The van der Waals surface area contributed by atoms with Gasteiger partial charge in [0, 0.05) is 31.6 Å². The van der Waals surface area contributed by atoms with Crippen molar-refractivity contribution in [2.75, 3.05) is 19.6 Å². The van der Waals surface area contributed by atoms with Crippen molar-refractivity contribution in [2.45, 2.75) is 65.0 Å². The summed E-state index contributed by atoms with van der Waals surface area (Å²) in [5.41, 5.74) is 1.39. The maximum Gasteiger partial charge on any atom is 0.222 e. The quantitative estimate of drug-likeness (QED) is 0.729. The Morgan fingerprint density at radius 1 is 1.16 bits per heavy atom. The highest BCUT2D eigenvalue weighted by atomic mass is 16.2. The number of hydrogen-bond acceptors (Lipinski definition) is 2. The van der Waals surface area contributed by atoms with Gasteiger partial charge in [0.05, 0.1) is 0 Å². The highest BCUT2D eigenvalue weighted by Crippen LogP contribution is 2.30. The van der Waals surface area contributed by atoms with E-state index in [4.69, 9.17) is 0 Å². The zero-order valence-corrected chi connectivity index (χ0v) is 12.7. The first-order chi connectivity index (χ1) is 9.13. The van der Waals surface area contributed by atoms with E-state index in [0.717, 1.165) is 13.1 Å². The topological polar surface area (TPSA) is 23.6 Å². The van der Waals surface area contributed by atoms with Crippen LogP contribution >= 0.6 is 0 Å². The third-order valence-electron chi connectivity index (χ3n) is 4.51. The van der Waals surface area contributed by atoms with Gasteiger partial charge in [-0.3, -0.25) is 9.69 Å². The Balaban J connectivity index is 2.02. The van der Waals surface area contributed by atoms with Crippen LogP contribution in [0.2, 0.25) is 0 Å². The van der Waals surface area contributed by atoms with Gasteiger partial charge in [-0.2, -0.15) is 0 Å². The normalized spacial score (nSPS) is 27.8. The Labute approximate surface area is 117 Å². The third kappa shape index (κ3) is 3.38. The van der Waals surface area contributed by atoms with Gasteiger partial charge in [0.2, 0.25) is 5.91 Å². The molecule has 0 aromatic heterocycles. The zero-order chi connectivity index (χ0) is 13.8. The number of carbonyl (C=O) groups is 1. The van der Waals surface area contributed by atoms with Crippen molar-refractivity contribution in [3.8, 4) is 0 Å². The Morgan fingerprint density at radius 3 is 2.53 bits per heavy atom. The highest BCUT2D eigenvalue weighted by Gasteiger charge is 2.38. The van der Waals surface area contributed by atoms with E-state index in [-0.39, 0.29) is 0 Å². The zero-order valence-electron chi connectivity index (χ0n) is 12.7. The Hall–Kier alpha value is -0.830. The molecule has 2 atom stereocenters. The lowest BCUT2D eigenvalue weighted by Crippen LogP contribution is -2.48. The minimum absolute atomic E-state index is 0.344. The number of carbonyl (C=O) groups excluding carboxylic acids is 1. The van der Waals surface area contributed by atoms with Crippen LogP contribution in [0, 0.1) is 0 Å². The third-order valence-corrected chi connectivity index (χ3v) is 4.51. The summed E-state index contributed by atoms with van der Waals surface area (Å²) < 4.78 is 0. The average molecular weight is 264 g/mol. The van der Waals surface area contributed by atoms with Gasteiger partial charge in [0.25, 0.3) is 0 Å². The van der Waals surface area contributed by atoms with Crippen molar-refractivity contribution < 1.29 is 4.79 Å². The van der Waals surface area contributed by atoms with Crippen molar-refractivity contribution >= 4 is 5.91 Å². The molecule has 108 valence electrons. The van der Waals surface area contributed by atoms with E-state index in [1.54, 1.807) is 0 Å². The molecule has 0 bridgehead atoms. The fourth-order valence-corrected chi connectivity index (χ4v) is 3.52. The summed E-state index contributed by atoms with van der Waals surface area (Å²) in [5.74, 6) is 0.344. The molecule has 0 aliphatic carbocycles. The van der Waals surface area contributed by atoms with Crippen LogP contribution in [0.5, 0.6) is 0 Å². The summed E-state index contributed by atoms with van der Waals surface area (Å²) in [7, 11) is 0. The molecule has 2 saturated heterocycles. The lowest BCUT2D eigenvalue weighted by molar-refractivity contribution is -0.132. The lowest BCUT2D eigenvalue weighted by Gasteiger charge is -2.34. The number of amides is 1. The van der Waals surface area contributed by atoms with E-state index in [1.165, 1.54) is 37.8 Å². The van der Waals surface area contributed by atoms with Crippen LogP contribution in [0.25, 0.3) is 0 Å². The predicted octanol–water partition coefficient (Wildman–Crippen LogP) is 2.82. The van der Waals surface area contributed by atoms with Gasteiger partial charge in [0.15, 0.2) is 0 Å². The van der Waals surface area contributed by atoms with Crippen LogP contribution in [0.3, 0.4) is 0 Å². The number of rotatable bonds is 4. The van der Waals surface area contributed by atoms with E-state index < -0.39 is 0 Å². The maximum absolute atomic E-state index is 12.0. The summed E-state index contributed by atoms with van der Waals surface area (Å²) in [6, 6.07) is 1.06. The van der Waals surface area contributed by atoms with Gasteiger partial charge in [0.1, 0.15) is 0 Å². The summed E-state index contributed by atoms with van der Waals surface area (Å²) in [4.78, 5) is 16.8. The van der Waals surface area contributed by atoms with E-state index in [2.05, 4.69) is 29.7 Å². The molecule has 0 saturated carbocycles. The van der Waals surface area contributed by atoms with Gasteiger partial charge in [-0.25, -0.2) is 0 Å². The summed E-state index contributed by atoms with van der Waals surface area (Å²) in [6.07, 6.45) is 7.89. The second kappa shape index (κ2) is 6.56. The van der Waals surface area contributed by atoms with Crippen molar-refractivity contribution in [3.63, 3.8) is 0 Å². The first-order valence-electron chi connectivity index (χ1n) is 7.80. The number of hydrogen-bond donors (Lipinski definition) is 0. The lowest BCUT2D eigenvalue weighted by atomic mass is 10.0. The predicted molar refractivity (Wildman–Crippen MR) is 79.1 cm³/mol. The fraction of sp³-hybridized carbons (Fsp3) is 0.812. The molecule has 0 N–H and O–H groups in total. The summed E-state index contributed by atoms with van der Waals surface area (Å²) >= 11 is 0. The number of nitrogens with zero attached hydrogens (tertiary/aromatic N) is 2. The standard InChI is InChI=1S/C16H28N2O/c1-4-16(19)18-11-6-8-15(18)14-7-5-10-17(14)12-9-13(2)3/h9,14-15H,4-8,10-12H2,1-3H3. The van der Waals surface area contributed by atoms with Gasteiger partial charge < -0.3 is 4.90 Å². The van der Waals surface area contributed by atoms with Gasteiger partial charge in [-0.1, -0.05) is 18.6 Å². The summed E-state index contributed by atoms with van der Waals surface area (Å²) in [6.45, 7) is 9.52. The number of likely N-dealkylation sites (tertiary alicyclic amines) is 2. The molecule has 2 unspecified atom stereocenters. The van der Waals surface area contributed by atoms with Crippen molar-refractivity contribution in [1.82, 2.24) is 9.80 Å². The SMILES string of the molecule is CCC(=O)N1CCCC1C1CCCN1CC=C(C)C. The van der Waals surface area contributed by atoms with E-state index >= 15 is 0 Å². The van der Waals surface area contributed by atoms with E-state index in [0.29, 0.717) is 24.4 Å². The maximum atomic E-state index is 12.0. The first-order valence-corrected chi connectivity index (χ1v) is 7.80. The second-order valence-corrected chi connectivity index (χ2v) is 6.14. The van der Waals surface area contributed by atoms with Crippen LogP contribution < -0.4 is 0 Å². The van der Waals surface area contributed by atoms with E-state index in [1.807, 2.05) is 6.92 Å². The smallest absolute Gasteiger partial charge is 0.222 e. The van der Waals surface area contributed by atoms with Crippen LogP contribution in [-0.2, 0) is 4.79 Å². The Bertz CT molecular complexity index is 347. The van der Waals surface area contributed by atoms with Gasteiger partial charge in [-0.15, -0.1) is 0 Å². The molecular weight excluding hydrogens is 236 g/mol. The Kier molecular flexibility index (Phi) is 5.03. The van der Waals surface area contributed by atoms with Crippen LogP contribution in [0.1, 0.15) is 52.9 Å². The molecule has 0 aromatic carbocycles. The second-order valence-electron chi connectivity index (χ2n) is 6.14. The van der Waals surface area contributed by atoms with Crippen LogP contribution in [-0.4, -0.2) is 47.4 Å². The monoisotopic (exact) mass is 264 g/mol.